The maximum absolute atomic E-state index is 13.2. The van der Waals surface area contributed by atoms with E-state index >= 15 is 0 Å². The summed E-state index contributed by atoms with van der Waals surface area (Å²) >= 11 is 8.82. The van der Waals surface area contributed by atoms with Crippen LogP contribution >= 0.6 is 27.5 Å². The summed E-state index contributed by atoms with van der Waals surface area (Å²) in [6, 6.07) is 4.84. The van der Waals surface area contributed by atoms with Gasteiger partial charge in [-0.15, -0.1) is 0 Å². The van der Waals surface area contributed by atoms with Crippen molar-refractivity contribution in [2.45, 2.75) is 12.8 Å². The second kappa shape index (κ2) is 4.59. The topological polar surface area (TPSA) is 23.8 Å². The average Bonchev–Trinajstić information content (AvgIpc) is 2.02. The van der Waals surface area contributed by atoms with Gasteiger partial charge in [-0.05, 0) is 18.6 Å². The highest BCUT2D eigenvalue weighted by Gasteiger charge is 2.07. The van der Waals surface area contributed by atoms with Crippen molar-refractivity contribution in [3.05, 3.63) is 33.0 Å². The van der Waals surface area contributed by atoms with Crippen molar-refractivity contribution >= 4 is 27.5 Å². The van der Waals surface area contributed by atoms with E-state index in [0.29, 0.717) is 27.9 Å². The highest BCUT2D eigenvalue weighted by atomic mass is 79.9. The molecule has 0 N–H and O–H groups in total. The Kier molecular flexibility index (Phi) is 3.71. The number of nitrogens with zero attached hydrogens (tertiary/aromatic N) is 1. The molecule has 0 heterocycles. The minimum Gasteiger partial charge on any atom is -0.207 e. The summed E-state index contributed by atoms with van der Waals surface area (Å²) in [5.41, 5.74) is 0.506. The Bertz CT molecular complexity index is 336. The monoisotopic (exact) mass is 261 g/mol. The summed E-state index contributed by atoms with van der Waals surface area (Å²) in [7, 11) is 0. The molecule has 0 aliphatic heterocycles. The first kappa shape index (κ1) is 10.5. The van der Waals surface area contributed by atoms with E-state index in [1.54, 1.807) is 6.07 Å². The third kappa shape index (κ3) is 2.68. The standard InChI is InChI=1S/C9H6BrClFN/c10-8-4-6(11)5-9(12)7(8)2-1-3-13/h4-5H,1-2H2. The van der Waals surface area contributed by atoms with Gasteiger partial charge < -0.3 is 0 Å². The minimum absolute atomic E-state index is 0.303. The first-order chi connectivity index (χ1) is 6.15. The van der Waals surface area contributed by atoms with Gasteiger partial charge in [-0.2, -0.15) is 5.26 Å². The van der Waals surface area contributed by atoms with Gasteiger partial charge in [0.2, 0.25) is 0 Å². The van der Waals surface area contributed by atoms with Gasteiger partial charge in [-0.3, -0.25) is 0 Å². The second-order valence-electron chi connectivity index (χ2n) is 2.51. The van der Waals surface area contributed by atoms with E-state index in [-0.39, 0.29) is 5.82 Å². The quantitative estimate of drug-likeness (QED) is 0.797. The third-order valence-corrected chi connectivity index (χ3v) is 2.52. The van der Waals surface area contributed by atoms with Crippen molar-refractivity contribution in [3.8, 4) is 6.07 Å². The Morgan fingerprint density at radius 2 is 2.23 bits per heavy atom. The van der Waals surface area contributed by atoms with Crippen molar-refractivity contribution in [2.24, 2.45) is 0 Å². The van der Waals surface area contributed by atoms with Crippen LogP contribution in [-0.2, 0) is 6.42 Å². The van der Waals surface area contributed by atoms with Crippen LogP contribution in [0.4, 0.5) is 4.39 Å². The fourth-order valence-corrected chi connectivity index (χ4v) is 1.96. The van der Waals surface area contributed by atoms with Crippen molar-refractivity contribution in [3.63, 3.8) is 0 Å². The number of halogens is 3. The van der Waals surface area contributed by atoms with Gasteiger partial charge in [0.1, 0.15) is 5.82 Å². The highest BCUT2D eigenvalue weighted by molar-refractivity contribution is 9.10. The van der Waals surface area contributed by atoms with Gasteiger partial charge in [-0.1, -0.05) is 27.5 Å². The zero-order valence-corrected chi connectivity index (χ0v) is 8.99. The molecule has 0 radical (unpaired) electrons. The lowest BCUT2D eigenvalue weighted by Gasteiger charge is -2.03. The van der Waals surface area contributed by atoms with Gasteiger partial charge in [0, 0.05) is 21.5 Å². The summed E-state index contributed by atoms with van der Waals surface area (Å²) in [4.78, 5) is 0. The molecule has 0 atom stereocenters. The zero-order valence-electron chi connectivity index (χ0n) is 6.65. The smallest absolute Gasteiger partial charge is 0.129 e. The van der Waals surface area contributed by atoms with Gasteiger partial charge in [0.15, 0.2) is 0 Å². The number of benzene rings is 1. The molecule has 68 valence electrons. The molecule has 1 aromatic rings. The van der Waals surface area contributed by atoms with Crippen molar-refractivity contribution in [1.29, 1.82) is 5.26 Å². The molecule has 0 aliphatic rings. The molecule has 0 spiro atoms. The molecule has 0 saturated carbocycles. The number of nitriles is 1. The predicted octanol–water partition coefficient (Wildman–Crippen LogP) is 3.70. The maximum atomic E-state index is 13.2. The average molecular weight is 263 g/mol. The number of hydrogen-bond donors (Lipinski definition) is 0. The Hall–Kier alpha value is -0.590. The second-order valence-corrected chi connectivity index (χ2v) is 3.80. The molecule has 0 amide bonds. The first-order valence-electron chi connectivity index (χ1n) is 3.65. The third-order valence-electron chi connectivity index (χ3n) is 1.59. The molecule has 0 aliphatic carbocycles. The Morgan fingerprint density at radius 3 is 2.77 bits per heavy atom. The lowest BCUT2D eigenvalue weighted by atomic mass is 10.1. The molecule has 0 unspecified atom stereocenters. The molecule has 1 aromatic carbocycles. The van der Waals surface area contributed by atoms with E-state index in [1.807, 2.05) is 6.07 Å². The Labute approximate surface area is 89.3 Å². The summed E-state index contributed by atoms with van der Waals surface area (Å²) in [5, 5.41) is 8.70. The van der Waals surface area contributed by atoms with E-state index in [2.05, 4.69) is 15.9 Å². The van der Waals surface area contributed by atoms with Gasteiger partial charge in [0.25, 0.3) is 0 Å². The molecule has 13 heavy (non-hydrogen) atoms. The molecule has 1 rings (SSSR count). The van der Waals surface area contributed by atoms with Crippen LogP contribution in [0, 0.1) is 17.1 Å². The first-order valence-corrected chi connectivity index (χ1v) is 4.82. The molecule has 0 fully saturated rings. The van der Waals surface area contributed by atoms with Gasteiger partial charge in [-0.25, -0.2) is 4.39 Å². The van der Waals surface area contributed by atoms with E-state index < -0.39 is 0 Å². The normalized spacial score (nSPS) is 9.69. The maximum Gasteiger partial charge on any atom is 0.129 e. The van der Waals surface area contributed by atoms with Crippen LogP contribution in [0.5, 0.6) is 0 Å². The Morgan fingerprint density at radius 1 is 1.54 bits per heavy atom. The summed E-state index contributed by atoms with van der Waals surface area (Å²) in [6.45, 7) is 0. The number of rotatable bonds is 2. The van der Waals surface area contributed by atoms with E-state index in [1.165, 1.54) is 6.07 Å². The van der Waals surface area contributed by atoms with Crippen molar-refractivity contribution in [1.82, 2.24) is 0 Å². The molecule has 4 heteroatoms. The van der Waals surface area contributed by atoms with Crippen LogP contribution in [0.3, 0.4) is 0 Å². The molecular formula is C9H6BrClFN. The highest BCUT2D eigenvalue weighted by Crippen LogP contribution is 2.25. The van der Waals surface area contributed by atoms with E-state index in [9.17, 15) is 4.39 Å². The molecule has 0 bridgehead atoms. The van der Waals surface area contributed by atoms with E-state index in [4.69, 9.17) is 16.9 Å². The molecule has 1 nitrogen and oxygen atoms in total. The lowest BCUT2D eigenvalue weighted by molar-refractivity contribution is 0.608. The molecule has 0 saturated heterocycles. The van der Waals surface area contributed by atoms with Crippen LogP contribution in [0.2, 0.25) is 5.02 Å². The SMILES string of the molecule is N#CCCc1c(F)cc(Cl)cc1Br. The van der Waals surface area contributed by atoms with Gasteiger partial charge >= 0.3 is 0 Å². The van der Waals surface area contributed by atoms with Crippen LogP contribution in [0.15, 0.2) is 16.6 Å². The van der Waals surface area contributed by atoms with Crippen LogP contribution < -0.4 is 0 Å². The van der Waals surface area contributed by atoms with Crippen LogP contribution in [0.25, 0.3) is 0 Å². The van der Waals surface area contributed by atoms with Crippen LogP contribution in [-0.4, -0.2) is 0 Å². The van der Waals surface area contributed by atoms with E-state index in [0.717, 1.165) is 0 Å². The summed E-state index contributed by atoms with van der Waals surface area (Å²) < 4.78 is 13.8. The van der Waals surface area contributed by atoms with Crippen molar-refractivity contribution in [2.75, 3.05) is 0 Å². The predicted molar refractivity (Wildman–Crippen MR) is 53.0 cm³/mol. The Balaban J connectivity index is 3.00. The summed E-state index contributed by atoms with van der Waals surface area (Å²) in [5.74, 6) is -0.366. The number of hydrogen-bond acceptors (Lipinski definition) is 1. The molecule has 0 aromatic heterocycles. The zero-order chi connectivity index (χ0) is 9.84. The van der Waals surface area contributed by atoms with Gasteiger partial charge in [0.05, 0.1) is 6.07 Å². The molecular weight excluding hydrogens is 256 g/mol. The van der Waals surface area contributed by atoms with Crippen molar-refractivity contribution < 1.29 is 4.39 Å². The largest absolute Gasteiger partial charge is 0.207 e. The summed E-state index contributed by atoms with van der Waals surface area (Å²) in [6.07, 6.45) is 0.706. The fraction of sp³-hybridized carbons (Fsp3) is 0.222. The van der Waals surface area contributed by atoms with Crippen LogP contribution in [0.1, 0.15) is 12.0 Å². The fourth-order valence-electron chi connectivity index (χ4n) is 0.992. The minimum atomic E-state index is -0.366. The lowest BCUT2D eigenvalue weighted by Crippen LogP contribution is -1.91.